The first-order chi connectivity index (χ1) is 8.28. The van der Waals surface area contributed by atoms with Crippen LogP contribution in [0.25, 0.3) is 0 Å². The van der Waals surface area contributed by atoms with Crippen molar-refractivity contribution in [1.29, 1.82) is 0 Å². The van der Waals surface area contributed by atoms with E-state index in [9.17, 15) is 0 Å². The molecule has 2 aliphatic carbocycles. The van der Waals surface area contributed by atoms with Crippen LogP contribution in [0.2, 0.25) is 0 Å². The molecule has 1 spiro atoms. The van der Waals surface area contributed by atoms with Crippen LogP contribution in [0.1, 0.15) is 64.7 Å². The van der Waals surface area contributed by atoms with E-state index in [1.165, 1.54) is 63.5 Å². The molecule has 0 aromatic carbocycles. The van der Waals surface area contributed by atoms with Gasteiger partial charge in [0.15, 0.2) is 0 Å². The van der Waals surface area contributed by atoms with Crippen LogP contribution in [0.4, 0.5) is 0 Å². The molecule has 0 amide bonds. The molecule has 2 heteroatoms. The third kappa shape index (κ3) is 3.64. The molecule has 0 aromatic heterocycles. The average molecular weight is 255 g/mol. The first-order valence-electron chi connectivity index (χ1n) is 7.53. The molecule has 0 radical (unpaired) electrons. The van der Waals surface area contributed by atoms with E-state index >= 15 is 0 Å². The summed E-state index contributed by atoms with van der Waals surface area (Å²) in [6.07, 6.45) is 15.4. The lowest BCUT2D eigenvalue weighted by Crippen LogP contribution is -2.43. The van der Waals surface area contributed by atoms with Gasteiger partial charge in [0.25, 0.3) is 0 Å². The zero-order valence-electron chi connectivity index (χ0n) is 11.6. The Balaban J connectivity index is 1.74. The number of nitrogens with one attached hydrogen (secondary N) is 1. The van der Waals surface area contributed by atoms with Gasteiger partial charge in [0.1, 0.15) is 0 Å². The Morgan fingerprint density at radius 2 is 1.82 bits per heavy atom. The van der Waals surface area contributed by atoms with Gasteiger partial charge in [-0.15, -0.1) is 0 Å². The van der Waals surface area contributed by atoms with Crippen molar-refractivity contribution in [3.63, 3.8) is 0 Å². The largest absolute Gasteiger partial charge is 0.310 e. The summed E-state index contributed by atoms with van der Waals surface area (Å²) in [4.78, 5) is 0. The topological polar surface area (TPSA) is 12.0 Å². The molecule has 0 aliphatic heterocycles. The highest BCUT2D eigenvalue weighted by atomic mass is 32.2. The molecule has 0 aromatic rings. The van der Waals surface area contributed by atoms with Crippen LogP contribution < -0.4 is 5.32 Å². The van der Waals surface area contributed by atoms with Crippen LogP contribution in [-0.4, -0.2) is 24.1 Å². The summed E-state index contributed by atoms with van der Waals surface area (Å²) < 4.78 is 0. The molecular formula is C15H29NS. The molecule has 2 fully saturated rings. The van der Waals surface area contributed by atoms with Crippen molar-refractivity contribution < 1.29 is 0 Å². The quantitative estimate of drug-likeness (QED) is 0.789. The standard InChI is InChI=1S/C15H29NS/c1-3-13(12-17-2)16-14-6-10-15(11-7-14)8-4-5-9-15/h13-14,16H,3-12H2,1-2H3. The minimum Gasteiger partial charge on any atom is -0.310 e. The molecule has 0 saturated heterocycles. The molecule has 2 rings (SSSR count). The van der Waals surface area contributed by atoms with Crippen molar-refractivity contribution in [2.45, 2.75) is 76.8 Å². The molecule has 17 heavy (non-hydrogen) atoms. The maximum absolute atomic E-state index is 3.89. The van der Waals surface area contributed by atoms with E-state index < -0.39 is 0 Å². The van der Waals surface area contributed by atoms with Gasteiger partial charge in [0, 0.05) is 17.8 Å². The van der Waals surface area contributed by atoms with Crippen LogP contribution in [0.5, 0.6) is 0 Å². The number of thioether (sulfide) groups is 1. The van der Waals surface area contributed by atoms with Gasteiger partial charge in [0.2, 0.25) is 0 Å². The number of hydrogen-bond donors (Lipinski definition) is 1. The minimum atomic E-state index is 0.743. The second kappa shape index (κ2) is 6.47. The smallest absolute Gasteiger partial charge is 0.0158 e. The van der Waals surface area contributed by atoms with Crippen molar-refractivity contribution in [2.24, 2.45) is 5.41 Å². The Hall–Kier alpha value is 0.310. The SMILES string of the molecule is CCC(CSC)NC1CCC2(CCCC2)CC1. The average Bonchev–Trinajstić information content (AvgIpc) is 2.80. The minimum absolute atomic E-state index is 0.743. The van der Waals surface area contributed by atoms with Gasteiger partial charge in [-0.1, -0.05) is 19.8 Å². The van der Waals surface area contributed by atoms with Gasteiger partial charge >= 0.3 is 0 Å². The van der Waals surface area contributed by atoms with E-state index in [4.69, 9.17) is 0 Å². The van der Waals surface area contributed by atoms with Crippen molar-refractivity contribution in [2.75, 3.05) is 12.0 Å². The maximum atomic E-state index is 3.89. The van der Waals surface area contributed by atoms with Crippen LogP contribution in [-0.2, 0) is 0 Å². The maximum Gasteiger partial charge on any atom is 0.0158 e. The molecule has 100 valence electrons. The first-order valence-corrected chi connectivity index (χ1v) is 8.92. The van der Waals surface area contributed by atoms with E-state index in [2.05, 4.69) is 18.5 Å². The summed E-state index contributed by atoms with van der Waals surface area (Å²) in [7, 11) is 0. The molecule has 1 nitrogen and oxygen atoms in total. The highest BCUT2D eigenvalue weighted by Crippen LogP contribution is 2.48. The monoisotopic (exact) mass is 255 g/mol. The predicted molar refractivity (Wildman–Crippen MR) is 78.8 cm³/mol. The normalized spacial score (nSPS) is 26.5. The highest BCUT2D eigenvalue weighted by molar-refractivity contribution is 7.98. The van der Waals surface area contributed by atoms with Crippen LogP contribution in [0.3, 0.4) is 0 Å². The summed E-state index contributed by atoms with van der Waals surface area (Å²) >= 11 is 1.98. The third-order valence-electron chi connectivity index (χ3n) is 5.04. The van der Waals surface area contributed by atoms with Crippen LogP contribution in [0, 0.1) is 5.41 Å². The molecule has 1 unspecified atom stereocenters. The zero-order chi connectivity index (χ0) is 12.1. The lowest BCUT2D eigenvalue weighted by atomic mass is 9.71. The first kappa shape index (κ1) is 13.7. The highest BCUT2D eigenvalue weighted by Gasteiger charge is 2.37. The Morgan fingerprint density at radius 1 is 1.18 bits per heavy atom. The van der Waals surface area contributed by atoms with Crippen molar-refractivity contribution in [1.82, 2.24) is 5.32 Å². The van der Waals surface area contributed by atoms with Crippen molar-refractivity contribution in [3.05, 3.63) is 0 Å². The van der Waals surface area contributed by atoms with Crippen molar-refractivity contribution in [3.8, 4) is 0 Å². The lowest BCUT2D eigenvalue weighted by Gasteiger charge is -2.38. The molecular weight excluding hydrogens is 226 g/mol. The van der Waals surface area contributed by atoms with E-state index in [-0.39, 0.29) is 0 Å². The van der Waals surface area contributed by atoms with Gasteiger partial charge in [-0.2, -0.15) is 11.8 Å². The second-order valence-corrected chi connectivity index (χ2v) is 7.12. The number of hydrogen-bond acceptors (Lipinski definition) is 2. The fourth-order valence-electron chi connectivity index (χ4n) is 3.84. The van der Waals surface area contributed by atoms with Crippen LogP contribution >= 0.6 is 11.8 Å². The summed E-state index contributed by atoms with van der Waals surface area (Å²) in [5.41, 5.74) is 0.791. The van der Waals surface area contributed by atoms with E-state index in [0.29, 0.717) is 0 Å². The molecule has 2 saturated carbocycles. The van der Waals surface area contributed by atoms with Gasteiger partial charge < -0.3 is 5.32 Å². The Labute approximate surface area is 112 Å². The van der Waals surface area contributed by atoms with Gasteiger partial charge in [-0.25, -0.2) is 0 Å². The van der Waals surface area contributed by atoms with E-state index in [0.717, 1.165) is 17.5 Å². The Morgan fingerprint density at radius 3 is 2.35 bits per heavy atom. The molecule has 1 atom stereocenters. The summed E-state index contributed by atoms with van der Waals surface area (Å²) in [6.45, 7) is 2.31. The van der Waals surface area contributed by atoms with E-state index in [1.807, 2.05) is 11.8 Å². The fourth-order valence-corrected chi connectivity index (χ4v) is 4.57. The summed E-state index contributed by atoms with van der Waals surface area (Å²) in [5.74, 6) is 1.28. The Kier molecular flexibility index (Phi) is 5.23. The summed E-state index contributed by atoms with van der Waals surface area (Å²) in [5, 5.41) is 3.89. The number of rotatable bonds is 5. The summed E-state index contributed by atoms with van der Waals surface area (Å²) in [6, 6.07) is 1.56. The third-order valence-corrected chi connectivity index (χ3v) is 5.78. The second-order valence-electron chi connectivity index (χ2n) is 6.21. The molecule has 2 aliphatic rings. The van der Waals surface area contributed by atoms with Gasteiger partial charge in [-0.05, 0) is 56.6 Å². The van der Waals surface area contributed by atoms with Gasteiger partial charge in [0.05, 0.1) is 0 Å². The molecule has 0 heterocycles. The predicted octanol–water partition coefficient (Wildman–Crippen LogP) is 4.22. The fraction of sp³-hybridized carbons (Fsp3) is 1.00. The van der Waals surface area contributed by atoms with E-state index in [1.54, 1.807) is 0 Å². The van der Waals surface area contributed by atoms with Crippen LogP contribution in [0.15, 0.2) is 0 Å². The zero-order valence-corrected chi connectivity index (χ0v) is 12.5. The molecule has 0 bridgehead atoms. The van der Waals surface area contributed by atoms with Crippen molar-refractivity contribution >= 4 is 11.8 Å². The van der Waals surface area contributed by atoms with Gasteiger partial charge in [-0.3, -0.25) is 0 Å². The molecule has 1 N–H and O–H groups in total. The Bertz CT molecular complexity index is 213. The lowest BCUT2D eigenvalue weighted by molar-refractivity contribution is 0.163.